The van der Waals surface area contributed by atoms with Crippen LogP contribution in [0.1, 0.15) is 26.3 Å². The van der Waals surface area contributed by atoms with Gasteiger partial charge in [0.05, 0.1) is 14.2 Å². The average Bonchev–Trinajstić information content (AvgIpc) is 2.44. The quantitative estimate of drug-likeness (QED) is 0.436. The molecule has 5 nitrogen and oxygen atoms in total. The Labute approximate surface area is 150 Å². The van der Waals surface area contributed by atoms with Crippen LogP contribution in [0, 0.1) is 0 Å². The second kappa shape index (κ2) is 9.76. The second-order valence-corrected chi connectivity index (χ2v) is 5.80. The Balaban J connectivity index is 0.00000441. The van der Waals surface area contributed by atoms with Gasteiger partial charge in [-0.3, -0.25) is 4.99 Å². The number of aliphatic imine (C=N–C) groups is 1. The SMILES string of the molecule is CN=C(NCCc1cc(OC)ccc1OC)NC(C)(C)C.I. The van der Waals surface area contributed by atoms with Crippen molar-refractivity contribution >= 4 is 29.9 Å². The van der Waals surface area contributed by atoms with Crippen molar-refractivity contribution in [3.05, 3.63) is 23.8 Å². The molecule has 0 saturated heterocycles. The first-order valence-corrected chi connectivity index (χ1v) is 7.09. The fourth-order valence-corrected chi connectivity index (χ4v) is 1.93. The molecule has 2 N–H and O–H groups in total. The molecular formula is C16H28IN3O2. The smallest absolute Gasteiger partial charge is 0.191 e. The summed E-state index contributed by atoms with van der Waals surface area (Å²) in [5.41, 5.74) is 1.09. The molecule has 0 aliphatic carbocycles. The average molecular weight is 421 g/mol. The monoisotopic (exact) mass is 421 g/mol. The van der Waals surface area contributed by atoms with E-state index in [2.05, 4.69) is 36.4 Å². The molecule has 0 amide bonds. The number of guanidine groups is 1. The van der Waals surface area contributed by atoms with Crippen molar-refractivity contribution < 1.29 is 9.47 Å². The van der Waals surface area contributed by atoms with Gasteiger partial charge in [0.1, 0.15) is 11.5 Å². The third-order valence-corrected chi connectivity index (χ3v) is 2.89. The number of methoxy groups -OCH3 is 2. The molecule has 0 bridgehead atoms. The summed E-state index contributed by atoms with van der Waals surface area (Å²) in [5.74, 6) is 2.50. The van der Waals surface area contributed by atoms with E-state index >= 15 is 0 Å². The summed E-state index contributed by atoms with van der Waals surface area (Å²) in [6, 6.07) is 5.83. The van der Waals surface area contributed by atoms with Crippen molar-refractivity contribution in [3.63, 3.8) is 0 Å². The van der Waals surface area contributed by atoms with Crippen molar-refractivity contribution in [2.45, 2.75) is 32.7 Å². The van der Waals surface area contributed by atoms with Gasteiger partial charge < -0.3 is 20.1 Å². The minimum absolute atomic E-state index is 0. The van der Waals surface area contributed by atoms with Gasteiger partial charge in [-0.05, 0) is 51.0 Å². The van der Waals surface area contributed by atoms with E-state index < -0.39 is 0 Å². The molecule has 0 atom stereocenters. The van der Waals surface area contributed by atoms with Crippen molar-refractivity contribution in [1.82, 2.24) is 10.6 Å². The summed E-state index contributed by atoms with van der Waals surface area (Å²) in [5, 5.41) is 6.63. The van der Waals surface area contributed by atoms with Crippen molar-refractivity contribution in [2.24, 2.45) is 4.99 Å². The van der Waals surface area contributed by atoms with Crippen LogP contribution in [0.3, 0.4) is 0 Å². The standard InChI is InChI=1S/C16H27N3O2.HI/c1-16(2,3)19-15(17-4)18-10-9-12-11-13(20-5)7-8-14(12)21-6;/h7-8,11H,9-10H2,1-6H3,(H2,17,18,19);1H. The molecule has 1 aromatic rings. The number of ether oxygens (including phenoxy) is 2. The lowest BCUT2D eigenvalue weighted by molar-refractivity contribution is 0.398. The first-order chi connectivity index (χ1) is 9.89. The Morgan fingerprint density at radius 1 is 1.18 bits per heavy atom. The molecule has 0 saturated carbocycles. The van der Waals surface area contributed by atoms with E-state index in [1.807, 2.05) is 18.2 Å². The molecular weight excluding hydrogens is 393 g/mol. The lowest BCUT2D eigenvalue weighted by Crippen LogP contribution is -2.48. The molecule has 1 aromatic carbocycles. The van der Waals surface area contributed by atoms with Crippen LogP contribution in [0.15, 0.2) is 23.2 Å². The largest absolute Gasteiger partial charge is 0.497 e. The van der Waals surface area contributed by atoms with Crippen molar-refractivity contribution in [3.8, 4) is 11.5 Å². The highest BCUT2D eigenvalue weighted by atomic mass is 127. The minimum atomic E-state index is -0.0184. The van der Waals surface area contributed by atoms with Gasteiger partial charge in [-0.25, -0.2) is 0 Å². The second-order valence-electron chi connectivity index (χ2n) is 5.80. The highest BCUT2D eigenvalue weighted by Gasteiger charge is 2.12. The van der Waals surface area contributed by atoms with Crippen molar-refractivity contribution in [2.75, 3.05) is 27.8 Å². The lowest BCUT2D eigenvalue weighted by atomic mass is 10.1. The first-order valence-electron chi connectivity index (χ1n) is 7.09. The zero-order chi connectivity index (χ0) is 15.9. The molecule has 1 rings (SSSR count). The molecule has 126 valence electrons. The summed E-state index contributed by atoms with van der Waals surface area (Å²) in [4.78, 5) is 4.22. The van der Waals surface area contributed by atoms with Crippen LogP contribution >= 0.6 is 24.0 Å². The summed E-state index contributed by atoms with van der Waals surface area (Å²) in [6.45, 7) is 7.07. The highest BCUT2D eigenvalue weighted by Crippen LogP contribution is 2.24. The Morgan fingerprint density at radius 2 is 1.86 bits per heavy atom. The van der Waals surface area contributed by atoms with Gasteiger partial charge in [0.15, 0.2) is 5.96 Å². The van der Waals surface area contributed by atoms with Crippen LogP contribution in [-0.4, -0.2) is 39.3 Å². The van der Waals surface area contributed by atoms with E-state index in [-0.39, 0.29) is 29.5 Å². The van der Waals surface area contributed by atoms with E-state index in [9.17, 15) is 0 Å². The molecule has 0 heterocycles. The Bertz CT molecular complexity index is 485. The molecule has 0 aliphatic rings. The molecule has 0 aliphatic heterocycles. The van der Waals surface area contributed by atoms with E-state index in [1.165, 1.54) is 0 Å². The summed E-state index contributed by atoms with van der Waals surface area (Å²) < 4.78 is 10.6. The van der Waals surface area contributed by atoms with Crippen LogP contribution in [-0.2, 0) is 6.42 Å². The number of hydrogen-bond donors (Lipinski definition) is 2. The van der Waals surface area contributed by atoms with Crippen LogP contribution in [0.25, 0.3) is 0 Å². The van der Waals surface area contributed by atoms with E-state index in [1.54, 1.807) is 21.3 Å². The van der Waals surface area contributed by atoms with Gasteiger partial charge in [0.25, 0.3) is 0 Å². The molecule has 6 heteroatoms. The van der Waals surface area contributed by atoms with E-state index in [0.29, 0.717) is 0 Å². The highest BCUT2D eigenvalue weighted by molar-refractivity contribution is 14.0. The Kier molecular flexibility index (Phi) is 9.24. The Morgan fingerprint density at radius 3 is 2.36 bits per heavy atom. The fourth-order valence-electron chi connectivity index (χ4n) is 1.93. The summed E-state index contributed by atoms with van der Waals surface area (Å²) in [7, 11) is 5.12. The number of nitrogens with zero attached hydrogens (tertiary/aromatic N) is 1. The number of hydrogen-bond acceptors (Lipinski definition) is 3. The van der Waals surface area contributed by atoms with Gasteiger partial charge in [-0.1, -0.05) is 0 Å². The number of benzene rings is 1. The Hall–Kier alpha value is -1.18. The fraction of sp³-hybridized carbons (Fsp3) is 0.562. The zero-order valence-electron chi connectivity index (χ0n) is 14.3. The maximum atomic E-state index is 5.38. The number of nitrogens with one attached hydrogen (secondary N) is 2. The maximum Gasteiger partial charge on any atom is 0.191 e. The predicted molar refractivity (Wildman–Crippen MR) is 103 cm³/mol. The molecule has 0 spiro atoms. The van der Waals surface area contributed by atoms with Crippen molar-refractivity contribution in [1.29, 1.82) is 0 Å². The molecule has 0 unspecified atom stereocenters. The van der Waals surface area contributed by atoms with Crippen LogP contribution in [0.2, 0.25) is 0 Å². The predicted octanol–water partition coefficient (Wildman–Crippen LogP) is 2.83. The lowest BCUT2D eigenvalue weighted by Gasteiger charge is -2.23. The van der Waals surface area contributed by atoms with Crippen LogP contribution < -0.4 is 20.1 Å². The maximum absolute atomic E-state index is 5.38. The number of rotatable bonds is 5. The molecule has 0 aromatic heterocycles. The molecule has 0 radical (unpaired) electrons. The first kappa shape index (κ1) is 20.8. The van der Waals surface area contributed by atoms with Gasteiger partial charge in [-0.2, -0.15) is 0 Å². The van der Waals surface area contributed by atoms with Crippen LogP contribution in [0.5, 0.6) is 11.5 Å². The van der Waals surface area contributed by atoms with Gasteiger partial charge >= 0.3 is 0 Å². The zero-order valence-corrected chi connectivity index (χ0v) is 16.6. The number of halogens is 1. The van der Waals surface area contributed by atoms with Gasteiger partial charge in [0, 0.05) is 19.1 Å². The minimum Gasteiger partial charge on any atom is -0.497 e. The normalized spacial score (nSPS) is 11.5. The van der Waals surface area contributed by atoms with E-state index in [0.717, 1.165) is 36.0 Å². The third kappa shape index (κ3) is 7.20. The van der Waals surface area contributed by atoms with Crippen LogP contribution in [0.4, 0.5) is 0 Å². The van der Waals surface area contributed by atoms with E-state index in [4.69, 9.17) is 9.47 Å². The summed E-state index contributed by atoms with van der Waals surface area (Å²) in [6.07, 6.45) is 0.825. The third-order valence-electron chi connectivity index (χ3n) is 2.89. The summed E-state index contributed by atoms with van der Waals surface area (Å²) >= 11 is 0. The van der Waals surface area contributed by atoms with Gasteiger partial charge in [-0.15, -0.1) is 24.0 Å². The molecule has 22 heavy (non-hydrogen) atoms. The van der Waals surface area contributed by atoms with Gasteiger partial charge in [0.2, 0.25) is 0 Å². The molecule has 0 fully saturated rings. The topological polar surface area (TPSA) is 54.9 Å².